The summed E-state index contributed by atoms with van der Waals surface area (Å²) in [5.41, 5.74) is 2.09. The number of rotatable bonds is 4. The molecular formula is C20H30ClN3S. The molecule has 0 bridgehead atoms. The topological polar surface area (TPSA) is 18.5 Å². The molecule has 3 nitrogen and oxygen atoms in total. The van der Waals surface area contributed by atoms with Crippen molar-refractivity contribution in [1.82, 2.24) is 9.80 Å². The van der Waals surface area contributed by atoms with E-state index >= 15 is 0 Å². The van der Waals surface area contributed by atoms with Crippen LogP contribution in [-0.4, -0.2) is 47.1 Å². The molecule has 138 valence electrons. The molecule has 5 heteroatoms. The van der Waals surface area contributed by atoms with E-state index in [9.17, 15) is 0 Å². The second kappa shape index (κ2) is 9.20. The highest BCUT2D eigenvalue weighted by Gasteiger charge is 2.25. The lowest BCUT2D eigenvalue weighted by atomic mass is 9.99. The van der Waals surface area contributed by atoms with Gasteiger partial charge in [0.2, 0.25) is 0 Å². The minimum absolute atomic E-state index is 0.565. The van der Waals surface area contributed by atoms with Crippen molar-refractivity contribution in [2.75, 3.05) is 31.5 Å². The smallest absolute Gasteiger partial charge is 0.173 e. The highest BCUT2D eigenvalue weighted by Crippen LogP contribution is 2.26. The molecule has 0 saturated carbocycles. The zero-order chi connectivity index (χ0) is 17.6. The molecule has 0 aliphatic carbocycles. The van der Waals surface area contributed by atoms with Gasteiger partial charge in [-0.3, -0.25) is 0 Å². The Morgan fingerprint density at radius 3 is 2.72 bits per heavy atom. The van der Waals surface area contributed by atoms with Gasteiger partial charge in [0.05, 0.1) is 0 Å². The van der Waals surface area contributed by atoms with Gasteiger partial charge in [0, 0.05) is 29.8 Å². The molecule has 2 aliphatic rings. The van der Waals surface area contributed by atoms with E-state index in [0.717, 1.165) is 27.9 Å². The second-order valence-electron chi connectivity index (χ2n) is 7.38. The lowest BCUT2D eigenvalue weighted by molar-refractivity contribution is 0.176. The molecule has 3 rings (SSSR count). The van der Waals surface area contributed by atoms with Crippen LogP contribution in [0.4, 0.5) is 5.69 Å². The van der Waals surface area contributed by atoms with Gasteiger partial charge in [-0.1, -0.05) is 24.1 Å². The molecule has 0 spiro atoms. The Hall–Kier alpha value is -0.840. The summed E-state index contributed by atoms with van der Waals surface area (Å²) in [7, 11) is 0. The van der Waals surface area contributed by atoms with Gasteiger partial charge in [0.15, 0.2) is 5.11 Å². The molecule has 25 heavy (non-hydrogen) atoms. The fraction of sp³-hybridized carbons (Fsp3) is 0.650. The lowest BCUT2D eigenvalue weighted by Crippen LogP contribution is -2.47. The first kappa shape index (κ1) is 18.9. The number of hydrogen-bond acceptors (Lipinski definition) is 2. The third kappa shape index (κ3) is 5.08. The third-order valence-corrected chi connectivity index (χ3v) is 6.37. The van der Waals surface area contributed by atoms with Crippen LogP contribution in [-0.2, 0) is 0 Å². The number of benzene rings is 1. The normalized spacial score (nSPS) is 22.0. The van der Waals surface area contributed by atoms with Crippen LogP contribution in [0.2, 0.25) is 5.02 Å². The first-order valence-corrected chi connectivity index (χ1v) is 10.5. The van der Waals surface area contributed by atoms with Crippen molar-refractivity contribution in [2.45, 2.75) is 57.9 Å². The Morgan fingerprint density at radius 1 is 1.16 bits per heavy atom. The van der Waals surface area contributed by atoms with Crippen LogP contribution in [0.5, 0.6) is 0 Å². The molecule has 1 aromatic rings. The molecular weight excluding hydrogens is 350 g/mol. The molecule has 2 aliphatic heterocycles. The van der Waals surface area contributed by atoms with Gasteiger partial charge < -0.3 is 15.1 Å². The van der Waals surface area contributed by atoms with Gasteiger partial charge in [-0.05, 0) is 88.5 Å². The van der Waals surface area contributed by atoms with Crippen molar-refractivity contribution in [2.24, 2.45) is 0 Å². The van der Waals surface area contributed by atoms with E-state index in [4.69, 9.17) is 23.8 Å². The first-order valence-electron chi connectivity index (χ1n) is 9.70. The van der Waals surface area contributed by atoms with Crippen molar-refractivity contribution in [3.8, 4) is 0 Å². The molecule has 1 atom stereocenters. The van der Waals surface area contributed by atoms with E-state index in [0.29, 0.717) is 6.04 Å². The maximum Gasteiger partial charge on any atom is 0.173 e. The fourth-order valence-corrected chi connectivity index (χ4v) is 4.54. The van der Waals surface area contributed by atoms with Crippen LogP contribution in [0.3, 0.4) is 0 Å². The van der Waals surface area contributed by atoms with E-state index in [1.807, 2.05) is 19.1 Å². The number of hydrogen-bond donors (Lipinski definition) is 1. The predicted octanol–water partition coefficient (Wildman–Crippen LogP) is 5.08. The average molecular weight is 380 g/mol. The highest BCUT2D eigenvalue weighted by atomic mass is 35.5. The van der Waals surface area contributed by atoms with Gasteiger partial charge in [0.1, 0.15) is 0 Å². The zero-order valence-corrected chi connectivity index (χ0v) is 16.8. The van der Waals surface area contributed by atoms with Crippen LogP contribution in [0, 0.1) is 6.92 Å². The molecule has 1 N–H and O–H groups in total. The van der Waals surface area contributed by atoms with Crippen LogP contribution >= 0.6 is 23.8 Å². The molecule has 1 aromatic carbocycles. The standard InChI is InChI=1S/C20H30ClN3S/c1-16-18(21)9-7-10-19(16)22-20(25)24-14-6-3-8-17(24)11-15-23-12-4-2-5-13-23/h7,9-10,17H,2-6,8,11-15H2,1H3,(H,22,25)/t17-/m1/s1. The van der Waals surface area contributed by atoms with Crippen molar-refractivity contribution in [3.63, 3.8) is 0 Å². The number of halogens is 1. The van der Waals surface area contributed by atoms with E-state index in [1.165, 1.54) is 64.6 Å². The van der Waals surface area contributed by atoms with Crippen LogP contribution < -0.4 is 5.32 Å². The molecule has 0 radical (unpaired) electrons. The molecule has 0 unspecified atom stereocenters. The Labute approximate surface area is 162 Å². The van der Waals surface area contributed by atoms with E-state index in [2.05, 4.69) is 21.2 Å². The summed E-state index contributed by atoms with van der Waals surface area (Å²) in [5, 5.41) is 5.09. The molecule has 0 aromatic heterocycles. The Bertz CT molecular complexity index is 586. The van der Waals surface area contributed by atoms with E-state index in [1.54, 1.807) is 0 Å². The Balaban J connectivity index is 1.59. The Morgan fingerprint density at radius 2 is 1.92 bits per heavy atom. The predicted molar refractivity (Wildman–Crippen MR) is 112 cm³/mol. The molecule has 0 amide bonds. The summed E-state index contributed by atoms with van der Waals surface area (Å²) in [6.45, 7) is 6.86. The number of nitrogens with one attached hydrogen (secondary N) is 1. The van der Waals surface area contributed by atoms with Crippen molar-refractivity contribution >= 4 is 34.6 Å². The van der Waals surface area contributed by atoms with Crippen LogP contribution in [0.1, 0.15) is 50.5 Å². The van der Waals surface area contributed by atoms with Crippen LogP contribution in [0.15, 0.2) is 18.2 Å². The number of nitrogens with zero attached hydrogens (tertiary/aromatic N) is 2. The van der Waals surface area contributed by atoms with Crippen molar-refractivity contribution in [1.29, 1.82) is 0 Å². The third-order valence-electron chi connectivity index (χ3n) is 5.62. The van der Waals surface area contributed by atoms with Crippen molar-refractivity contribution < 1.29 is 0 Å². The maximum atomic E-state index is 6.25. The zero-order valence-electron chi connectivity index (χ0n) is 15.3. The quantitative estimate of drug-likeness (QED) is 0.735. The summed E-state index contributed by atoms with van der Waals surface area (Å²) >= 11 is 12.0. The molecule has 2 saturated heterocycles. The minimum Gasteiger partial charge on any atom is -0.346 e. The second-order valence-corrected chi connectivity index (χ2v) is 8.17. The minimum atomic E-state index is 0.565. The SMILES string of the molecule is Cc1c(Cl)cccc1NC(=S)N1CCCC[C@@H]1CCN1CCCCC1. The summed E-state index contributed by atoms with van der Waals surface area (Å²) in [5.74, 6) is 0. The average Bonchev–Trinajstić information content (AvgIpc) is 2.65. The number of anilines is 1. The van der Waals surface area contributed by atoms with E-state index in [-0.39, 0.29) is 0 Å². The summed E-state index contributed by atoms with van der Waals surface area (Å²) in [4.78, 5) is 5.05. The largest absolute Gasteiger partial charge is 0.346 e. The summed E-state index contributed by atoms with van der Waals surface area (Å²) < 4.78 is 0. The summed E-state index contributed by atoms with van der Waals surface area (Å²) in [6.07, 6.45) is 9.15. The summed E-state index contributed by atoms with van der Waals surface area (Å²) in [6, 6.07) is 6.52. The van der Waals surface area contributed by atoms with Crippen LogP contribution in [0.25, 0.3) is 0 Å². The van der Waals surface area contributed by atoms with Gasteiger partial charge in [0.25, 0.3) is 0 Å². The van der Waals surface area contributed by atoms with Gasteiger partial charge in [-0.2, -0.15) is 0 Å². The van der Waals surface area contributed by atoms with E-state index < -0.39 is 0 Å². The number of piperidine rings is 2. The Kier molecular flexibility index (Phi) is 6.97. The first-order chi connectivity index (χ1) is 12.1. The van der Waals surface area contributed by atoms with Gasteiger partial charge in [-0.15, -0.1) is 0 Å². The fourth-order valence-electron chi connectivity index (χ4n) is 4.01. The highest BCUT2D eigenvalue weighted by molar-refractivity contribution is 7.80. The van der Waals surface area contributed by atoms with Crippen molar-refractivity contribution in [3.05, 3.63) is 28.8 Å². The van der Waals surface area contributed by atoms with Gasteiger partial charge >= 0.3 is 0 Å². The van der Waals surface area contributed by atoms with Gasteiger partial charge in [-0.25, -0.2) is 0 Å². The maximum absolute atomic E-state index is 6.25. The number of likely N-dealkylation sites (tertiary alicyclic amines) is 2. The molecule has 2 fully saturated rings. The molecule has 2 heterocycles. The lowest BCUT2D eigenvalue weighted by Gasteiger charge is -2.39. The monoisotopic (exact) mass is 379 g/mol. The number of thiocarbonyl (C=S) groups is 1.